The van der Waals surface area contributed by atoms with Gasteiger partial charge in [0.15, 0.2) is 0 Å². The maximum absolute atomic E-state index is 11.6. The zero-order chi connectivity index (χ0) is 15.2. The molecule has 0 aliphatic heterocycles. The summed E-state index contributed by atoms with van der Waals surface area (Å²) in [5, 5.41) is 2.83. The Morgan fingerprint density at radius 3 is 2.57 bits per heavy atom. The molecular formula is C16H21N3O2. The number of benzene rings is 1. The number of ether oxygens (including phenoxy) is 1. The molecule has 2 aromatic rings. The first kappa shape index (κ1) is 15.1. The zero-order valence-corrected chi connectivity index (χ0v) is 12.6. The molecule has 1 aromatic carbocycles. The summed E-state index contributed by atoms with van der Waals surface area (Å²) in [6, 6.07) is 7.87. The van der Waals surface area contributed by atoms with Gasteiger partial charge < -0.3 is 14.6 Å². The van der Waals surface area contributed by atoms with E-state index in [0.29, 0.717) is 12.5 Å². The normalized spacial score (nSPS) is 12.2. The highest BCUT2D eigenvalue weighted by atomic mass is 16.5. The van der Waals surface area contributed by atoms with Crippen molar-refractivity contribution in [2.24, 2.45) is 5.92 Å². The van der Waals surface area contributed by atoms with Crippen molar-refractivity contribution in [3.8, 4) is 5.69 Å². The molecule has 21 heavy (non-hydrogen) atoms. The smallest absolute Gasteiger partial charge is 0.407 e. The lowest BCUT2D eigenvalue weighted by Crippen LogP contribution is -2.28. The zero-order valence-electron chi connectivity index (χ0n) is 12.6. The minimum atomic E-state index is -0.380. The summed E-state index contributed by atoms with van der Waals surface area (Å²) in [4.78, 5) is 15.7. The Kier molecular flexibility index (Phi) is 4.98. The molecule has 5 heteroatoms. The highest BCUT2D eigenvalue weighted by Gasteiger charge is 2.11. The molecule has 1 amide bonds. The van der Waals surface area contributed by atoms with Crippen LogP contribution in [0.25, 0.3) is 5.69 Å². The van der Waals surface area contributed by atoms with E-state index in [1.807, 2.05) is 55.8 Å². The Labute approximate surface area is 125 Å². The summed E-state index contributed by atoms with van der Waals surface area (Å²) in [6.45, 7) is 6.37. The molecule has 0 bridgehead atoms. The van der Waals surface area contributed by atoms with Gasteiger partial charge in [-0.2, -0.15) is 0 Å². The molecule has 0 aliphatic carbocycles. The molecule has 2 rings (SSSR count). The van der Waals surface area contributed by atoms with E-state index in [1.54, 1.807) is 12.5 Å². The average molecular weight is 287 g/mol. The third-order valence-electron chi connectivity index (χ3n) is 3.08. The van der Waals surface area contributed by atoms with Crippen LogP contribution in [0.2, 0.25) is 0 Å². The van der Waals surface area contributed by atoms with Crippen LogP contribution in [0.15, 0.2) is 43.0 Å². The summed E-state index contributed by atoms with van der Waals surface area (Å²) >= 11 is 0. The standard InChI is InChI=1S/C16H21N3O2/c1-12(2)10-21-16(20)18-13(3)14-4-6-15(7-5-14)19-9-8-17-11-19/h4-9,11-13H,10H2,1-3H3,(H,18,20)/t13-/m1/s1. The van der Waals surface area contributed by atoms with E-state index in [1.165, 1.54) is 0 Å². The second-order valence-electron chi connectivity index (χ2n) is 5.42. The van der Waals surface area contributed by atoms with Crippen molar-refractivity contribution in [3.63, 3.8) is 0 Å². The molecule has 0 radical (unpaired) electrons. The van der Waals surface area contributed by atoms with E-state index in [0.717, 1.165) is 11.3 Å². The number of hydrogen-bond acceptors (Lipinski definition) is 3. The van der Waals surface area contributed by atoms with E-state index in [4.69, 9.17) is 4.74 Å². The van der Waals surface area contributed by atoms with Crippen LogP contribution in [-0.2, 0) is 4.74 Å². The third-order valence-corrected chi connectivity index (χ3v) is 3.08. The van der Waals surface area contributed by atoms with E-state index < -0.39 is 0 Å². The van der Waals surface area contributed by atoms with Gasteiger partial charge in [0.05, 0.1) is 19.0 Å². The number of carbonyl (C=O) groups is 1. The average Bonchev–Trinajstić information content (AvgIpc) is 2.99. The van der Waals surface area contributed by atoms with Crippen LogP contribution in [-0.4, -0.2) is 22.3 Å². The molecule has 0 saturated carbocycles. The highest BCUT2D eigenvalue weighted by molar-refractivity contribution is 5.67. The summed E-state index contributed by atoms with van der Waals surface area (Å²) in [7, 11) is 0. The van der Waals surface area contributed by atoms with Gasteiger partial charge in [-0.25, -0.2) is 9.78 Å². The molecular weight excluding hydrogens is 266 g/mol. The molecule has 1 aromatic heterocycles. The number of aromatic nitrogens is 2. The lowest BCUT2D eigenvalue weighted by atomic mass is 10.1. The largest absolute Gasteiger partial charge is 0.449 e. The first-order valence-electron chi connectivity index (χ1n) is 7.08. The first-order chi connectivity index (χ1) is 10.1. The number of nitrogens with one attached hydrogen (secondary N) is 1. The fraction of sp³-hybridized carbons (Fsp3) is 0.375. The van der Waals surface area contributed by atoms with Gasteiger partial charge in [-0.3, -0.25) is 0 Å². The number of hydrogen-bond donors (Lipinski definition) is 1. The Morgan fingerprint density at radius 2 is 2.00 bits per heavy atom. The van der Waals surface area contributed by atoms with Crippen LogP contribution >= 0.6 is 0 Å². The van der Waals surface area contributed by atoms with Gasteiger partial charge in [0.25, 0.3) is 0 Å². The second-order valence-corrected chi connectivity index (χ2v) is 5.42. The lowest BCUT2D eigenvalue weighted by Gasteiger charge is -2.15. The quantitative estimate of drug-likeness (QED) is 0.917. The van der Waals surface area contributed by atoms with E-state index in [-0.39, 0.29) is 12.1 Å². The number of rotatable bonds is 5. The molecule has 112 valence electrons. The van der Waals surface area contributed by atoms with Crippen LogP contribution < -0.4 is 5.32 Å². The predicted octanol–water partition coefficient (Wildman–Crippen LogP) is 3.32. The molecule has 1 N–H and O–H groups in total. The summed E-state index contributed by atoms with van der Waals surface area (Å²) in [5.41, 5.74) is 2.06. The molecule has 0 saturated heterocycles. The van der Waals surface area contributed by atoms with Crippen molar-refractivity contribution in [3.05, 3.63) is 48.5 Å². The Morgan fingerprint density at radius 1 is 1.29 bits per heavy atom. The maximum atomic E-state index is 11.6. The van der Waals surface area contributed by atoms with E-state index in [2.05, 4.69) is 10.3 Å². The fourth-order valence-electron chi connectivity index (χ4n) is 1.89. The highest BCUT2D eigenvalue weighted by Crippen LogP contribution is 2.15. The Bertz CT molecular complexity index is 562. The van der Waals surface area contributed by atoms with Crippen LogP contribution in [0.4, 0.5) is 4.79 Å². The number of alkyl carbamates (subject to hydrolysis) is 1. The van der Waals surface area contributed by atoms with Gasteiger partial charge >= 0.3 is 6.09 Å². The monoisotopic (exact) mass is 287 g/mol. The van der Waals surface area contributed by atoms with Gasteiger partial charge in [-0.15, -0.1) is 0 Å². The van der Waals surface area contributed by atoms with Crippen molar-refractivity contribution < 1.29 is 9.53 Å². The molecule has 1 atom stereocenters. The van der Waals surface area contributed by atoms with Crippen molar-refractivity contribution in [2.75, 3.05) is 6.61 Å². The number of amides is 1. The van der Waals surface area contributed by atoms with Crippen molar-refractivity contribution in [2.45, 2.75) is 26.8 Å². The van der Waals surface area contributed by atoms with Gasteiger partial charge in [-0.05, 0) is 30.5 Å². The maximum Gasteiger partial charge on any atom is 0.407 e. The minimum absolute atomic E-state index is 0.0958. The van der Waals surface area contributed by atoms with Crippen LogP contribution in [0.1, 0.15) is 32.4 Å². The number of carbonyl (C=O) groups excluding carboxylic acids is 1. The lowest BCUT2D eigenvalue weighted by molar-refractivity contribution is 0.130. The first-order valence-corrected chi connectivity index (χ1v) is 7.08. The van der Waals surface area contributed by atoms with E-state index >= 15 is 0 Å². The van der Waals surface area contributed by atoms with Gasteiger partial charge in [0.1, 0.15) is 0 Å². The van der Waals surface area contributed by atoms with Gasteiger partial charge in [0, 0.05) is 18.1 Å². The summed E-state index contributed by atoms with van der Waals surface area (Å²) in [5.74, 6) is 0.334. The Hall–Kier alpha value is -2.30. The minimum Gasteiger partial charge on any atom is -0.449 e. The van der Waals surface area contributed by atoms with Crippen LogP contribution in [0, 0.1) is 5.92 Å². The molecule has 0 fully saturated rings. The Balaban J connectivity index is 1.93. The van der Waals surface area contributed by atoms with Crippen molar-refractivity contribution >= 4 is 6.09 Å². The van der Waals surface area contributed by atoms with E-state index in [9.17, 15) is 4.79 Å². The van der Waals surface area contributed by atoms with Gasteiger partial charge in [-0.1, -0.05) is 26.0 Å². The fourth-order valence-corrected chi connectivity index (χ4v) is 1.89. The topological polar surface area (TPSA) is 56.1 Å². The second kappa shape index (κ2) is 6.92. The van der Waals surface area contributed by atoms with Crippen LogP contribution in [0.5, 0.6) is 0 Å². The summed E-state index contributed by atoms with van der Waals surface area (Å²) < 4.78 is 7.05. The summed E-state index contributed by atoms with van der Waals surface area (Å²) in [6.07, 6.45) is 5.00. The SMILES string of the molecule is CC(C)COC(=O)N[C@H](C)c1ccc(-n2ccnc2)cc1. The molecule has 1 heterocycles. The van der Waals surface area contributed by atoms with Crippen molar-refractivity contribution in [1.82, 2.24) is 14.9 Å². The van der Waals surface area contributed by atoms with Crippen LogP contribution in [0.3, 0.4) is 0 Å². The third kappa shape index (κ3) is 4.34. The molecule has 0 unspecified atom stereocenters. The van der Waals surface area contributed by atoms with Gasteiger partial charge in [0.2, 0.25) is 0 Å². The number of imidazole rings is 1. The molecule has 5 nitrogen and oxygen atoms in total. The molecule has 0 spiro atoms. The molecule has 0 aliphatic rings. The number of nitrogens with zero attached hydrogens (tertiary/aromatic N) is 2. The predicted molar refractivity (Wildman–Crippen MR) is 81.3 cm³/mol. The van der Waals surface area contributed by atoms with Crippen molar-refractivity contribution in [1.29, 1.82) is 0 Å².